The van der Waals surface area contributed by atoms with E-state index >= 15 is 0 Å². The number of rotatable bonds is 0. The highest BCUT2D eigenvalue weighted by atomic mass is 15.1. The van der Waals surface area contributed by atoms with Gasteiger partial charge in [-0.15, -0.1) is 0 Å². The van der Waals surface area contributed by atoms with Crippen LogP contribution < -0.4 is 0 Å². The molecule has 11 atom stereocenters. The van der Waals surface area contributed by atoms with Crippen molar-refractivity contribution in [3.63, 3.8) is 0 Å². The third kappa shape index (κ3) is 0.243. The molecule has 0 aromatic rings. The third-order valence-electron chi connectivity index (χ3n) is 9.95. The van der Waals surface area contributed by atoms with Crippen molar-refractivity contribution >= 4 is 0 Å². The summed E-state index contributed by atoms with van der Waals surface area (Å²) in [5.74, 6) is 10.4. The normalized spacial score (nSPS) is 102. The first-order valence-electron chi connectivity index (χ1n) is 7.37. The molecule has 0 N–H and O–H groups in total. The highest BCUT2D eigenvalue weighted by Crippen LogP contribution is 3.14. The van der Waals surface area contributed by atoms with Crippen molar-refractivity contribution in [2.24, 2.45) is 63.6 Å². The van der Waals surface area contributed by atoms with Gasteiger partial charge in [0.25, 0.3) is 0 Å². The first kappa shape index (κ1) is 6.07. The lowest BCUT2D eigenvalue weighted by molar-refractivity contribution is -0.178. The van der Waals surface area contributed by atoms with Crippen LogP contribution in [0.4, 0.5) is 0 Å². The van der Waals surface area contributed by atoms with Gasteiger partial charge in [0.2, 0.25) is 0 Å². The molecule has 11 unspecified atom stereocenters. The summed E-state index contributed by atoms with van der Waals surface area (Å²) < 4.78 is 0. The lowest BCUT2D eigenvalue weighted by Crippen LogP contribution is -2.61. The predicted molar refractivity (Wildman–Crippen MR) is 53.7 cm³/mol. The first-order chi connectivity index (χ1) is 7.37. The van der Waals surface area contributed by atoms with Gasteiger partial charge >= 0.3 is 0 Å². The van der Waals surface area contributed by atoms with Gasteiger partial charge in [0.1, 0.15) is 0 Å². The van der Waals surface area contributed by atoms with Crippen LogP contribution in [0.2, 0.25) is 0 Å². The van der Waals surface area contributed by atoms with Crippen molar-refractivity contribution in [1.29, 1.82) is 0 Å². The number of hydrogen-bond donors (Lipinski definition) is 0. The van der Waals surface area contributed by atoms with Crippen molar-refractivity contribution in [2.75, 3.05) is 0 Å². The SMILES string of the molecule is C1C2C3CC1C14CC56CC1C1(C3C25)C6C41. The molecule has 3 spiro atoms. The Bertz CT molecular complexity index is 496. The van der Waals surface area contributed by atoms with Crippen LogP contribution in [0, 0.1) is 63.6 Å². The van der Waals surface area contributed by atoms with E-state index < -0.39 is 0 Å². The maximum absolute atomic E-state index is 1.76. The molecule has 76 valence electrons. The van der Waals surface area contributed by atoms with Crippen LogP contribution in [0.5, 0.6) is 0 Å². The second-order valence-corrected chi connectivity index (χ2v) is 8.78. The van der Waals surface area contributed by atoms with E-state index in [1.807, 2.05) is 0 Å². The van der Waals surface area contributed by atoms with Crippen LogP contribution in [-0.4, -0.2) is 0 Å². The van der Waals surface area contributed by atoms with Crippen LogP contribution in [0.25, 0.3) is 0 Å². The Labute approximate surface area is 89.8 Å². The van der Waals surface area contributed by atoms with Crippen LogP contribution >= 0.6 is 0 Å². The van der Waals surface area contributed by atoms with Crippen LogP contribution in [0.15, 0.2) is 0 Å². The zero-order valence-electron chi connectivity index (χ0n) is 8.95. The fraction of sp³-hybridized carbons (Fsp3) is 1.00. The summed E-state index contributed by atoms with van der Waals surface area (Å²) in [4.78, 5) is 0. The van der Waals surface area contributed by atoms with Gasteiger partial charge in [0.15, 0.2) is 0 Å². The molecule has 0 aliphatic heterocycles. The molecule has 0 aromatic carbocycles. The van der Waals surface area contributed by atoms with Gasteiger partial charge < -0.3 is 0 Å². The van der Waals surface area contributed by atoms with Crippen molar-refractivity contribution in [3.05, 3.63) is 0 Å². The molecule has 11 aliphatic rings. The summed E-state index contributed by atoms with van der Waals surface area (Å²) in [7, 11) is 0. The van der Waals surface area contributed by atoms with Gasteiger partial charge in [0, 0.05) is 0 Å². The standard InChI is InChI=1S/C15H16/c1-5-2-7-6(1)9-10(7)15-8-3-13(9)4-14(5,8)12(15)11(13)15/h5-12H,1-4H2. The lowest BCUT2D eigenvalue weighted by Gasteiger charge is -2.64. The lowest BCUT2D eigenvalue weighted by atomic mass is 9.39. The van der Waals surface area contributed by atoms with Gasteiger partial charge in [-0.1, -0.05) is 0 Å². The summed E-state index contributed by atoms with van der Waals surface area (Å²) >= 11 is 0. The molecule has 11 rings (SSSR count). The number of hydrogen-bond acceptors (Lipinski definition) is 0. The topological polar surface area (TPSA) is 0 Å². The Morgan fingerprint density at radius 3 is 2.67 bits per heavy atom. The molecule has 0 aromatic heterocycles. The summed E-state index contributed by atoms with van der Waals surface area (Å²) in [6.07, 6.45) is 6.93. The van der Waals surface area contributed by atoms with Gasteiger partial charge in [-0.05, 0) is 89.3 Å². The zero-order valence-corrected chi connectivity index (χ0v) is 8.95. The molecule has 0 radical (unpaired) electrons. The van der Waals surface area contributed by atoms with Gasteiger partial charge in [-0.2, -0.15) is 0 Å². The molecule has 0 saturated heterocycles. The average Bonchev–Trinajstić information content (AvgIpc) is 2.52. The Morgan fingerprint density at radius 2 is 1.80 bits per heavy atom. The Hall–Kier alpha value is 0. The zero-order chi connectivity index (χ0) is 8.95. The average molecular weight is 196 g/mol. The molecule has 15 heavy (non-hydrogen) atoms. The molecule has 0 heteroatoms. The van der Waals surface area contributed by atoms with Gasteiger partial charge in [0.05, 0.1) is 0 Å². The minimum absolute atomic E-state index is 1.01. The highest BCUT2D eigenvalue weighted by Gasteiger charge is 3.10. The Kier molecular flexibility index (Phi) is 0.453. The fourth-order valence-corrected chi connectivity index (χ4v) is 10.9. The Balaban J connectivity index is 1.70. The maximum Gasteiger partial charge on any atom is -0.0156 e. The molecule has 11 fully saturated rings. The third-order valence-corrected chi connectivity index (χ3v) is 9.95. The van der Waals surface area contributed by atoms with Crippen LogP contribution in [0.1, 0.15) is 25.7 Å². The van der Waals surface area contributed by atoms with Crippen molar-refractivity contribution in [1.82, 2.24) is 0 Å². The van der Waals surface area contributed by atoms with Crippen molar-refractivity contribution in [3.8, 4) is 0 Å². The minimum atomic E-state index is 1.01. The van der Waals surface area contributed by atoms with Gasteiger partial charge in [-0.25, -0.2) is 0 Å². The van der Waals surface area contributed by atoms with E-state index in [-0.39, 0.29) is 0 Å². The molecule has 7 bridgehead atoms. The van der Waals surface area contributed by atoms with E-state index in [0.29, 0.717) is 0 Å². The molecule has 0 nitrogen and oxygen atoms in total. The Morgan fingerprint density at radius 1 is 0.933 bits per heavy atom. The van der Waals surface area contributed by atoms with Gasteiger partial charge in [-0.3, -0.25) is 0 Å². The maximum atomic E-state index is 1.76. The van der Waals surface area contributed by atoms with E-state index in [1.54, 1.807) is 25.7 Å². The highest BCUT2D eigenvalue weighted by molar-refractivity contribution is 5.56. The minimum Gasteiger partial charge on any atom is -0.0465 e. The molecular weight excluding hydrogens is 180 g/mol. The molecule has 11 saturated carbocycles. The van der Waals surface area contributed by atoms with Crippen molar-refractivity contribution < 1.29 is 0 Å². The smallest absolute Gasteiger partial charge is 0.0156 e. The van der Waals surface area contributed by atoms with E-state index in [0.717, 1.165) is 16.2 Å². The van der Waals surface area contributed by atoms with E-state index in [4.69, 9.17) is 0 Å². The van der Waals surface area contributed by atoms with Crippen LogP contribution in [0.3, 0.4) is 0 Å². The summed E-state index contributed by atoms with van der Waals surface area (Å²) in [5, 5.41) is 0. The van der Waals surface area contributed by atoms with E-state index in [9.17, 15) is 0 Å². The summed E-state index contributed by atoms with van der Waals surface area (Å²) in [5.41, 5.74) is 3.09. The van der Waals surface area contributed by atoms with Crippen LogP contribution in [-0.2, 0) is 0 Å². The summed E-state index contributed by atoms with van der Waals surface area (Å²) in [6, 6.07) is 0. The monoisotopic (exact) mass is 196 g/mol. The second kappa shape index (κ2) is 1.12. The molecule has 0 heterocycles. The molecule has 11 aliphatic carbocycles. The largest absolute Gasteiger partial charge is 0.0465 e. The van der Waals surface area contributed by atoms with Crippen molar-refractivity contribution in [2.45, 2.75) is 25.7 Å². The van der Waals surface area contributed by atoms with E-state index in [2.05, 4.69) is 0 Å². The quantitative estimate of drug-likeness (QED) is 0.558. The summed E-state index contributed by atoms with van der Waals surface area (Å²) in [6.45, 7) is 0. The fourth-order valence-electron chi connectivity index (χ4n) is 10.9. The second-order valence-electron chi connectivity index (χ2n) is 8.78. The molecule has 0 amide bonds. The predicted octanol–water partition coefficient (Wildman–Crippen LogP) is 2.54. The molecular formula is C15H16. The van der Waals surface area contributed by atoms with E-state index in [1.165, 1.54) is 47.3 Å². The first-order valence-corrected chi connectivity index (χ1v) is 7.37.